The van der Waals surface area contributed by atoms with Crippen molar-refractivity contribution in [1.29, 1.82) is 0 Å². The van der Waals surface area contributed by atoms with Gasteiger partial charge < -0.3 is 10.2 Å². The fourth-order valence-electron chi connectivity index (χ4n) is 1.82. The molecule has 1 heterocycles. The van der Waals surface area contributed by atoms with E-state index in [1.54, 1.807) is 0 Å². The van der Waals surface area contributed by atoms with Crippen molar-refractivity contribution >= 4 is 22.3 Å². The Kier molecular flexibility index (Phi) is 3.47. The highest BCUT2D eigenvalue weighted by molar-refractivity contribution is 5.94. The SMILES string of the molecule is CCCNc1nccc2ccc(N(C)C)cc12. The first-order chi connectivity index (χ1) is 8.22. The zero-order valence-corrected chi connectivity index (χ0v) is 10.7. The summed E-state index contributed by atoms with van der Waals surface area (Å²) < 4.78 is 0. The van der Waals surface area contributed by atoms with Crippen molar-refractivity contribution in [2.75, 3.05) is 30.9 Å². The maximum absolute atomic E-state index is 4.42. The van der Waals surface area contributed by atoms with Crippen LogP contribution in [0.3, 0.4) is 0 Å². The highest BCUT2D eigenvalue weighted by atomic mass is 15.1. The van der Waals surface area contributed by atoms with Gasteiger partial charge in [0.15, 0.2) is 0 Å². The molecule has 0 bridgehead atoms. The Morgan fingerprint density at radius 2 is 2.06 bits per heavy atom. The number of nitrogens with one attached hydrogen (secondary N) is 1. The number of rotatable bonds is 4. The molecular weight excluding hydrogens is 210 g/mol. The van der Waals surface area contributed by atoms with Gasteiger partial charge in [0.25, 0.3) is 0 Å². The largest absolute Gasteiger partial charge is 0.378 e. The molecule has 0 spiro atoms. The minimum absolute atomic E-state index is 0.957. The van der Waals surface area contributed by atoms with Crippen LogP contribution < -0.4 is 10.2 Å². The van der Waals surface area contributed by atoms with Gasteiger partial charge in [-0.25, -0.2) is 4.98 Å². The zero-order valence-electron chi connectivity index (χ0n) is 10.7. The molecule has 3 heteroatoms. The molecule has 0 aliphatic carbocycles. The van der Waals surface area contributed by atoms with E-state index in [0.29, 0.717) is 0 Å². The highest BCUT2D eigenvalue weighted by Crippen LogP contribution is 2.25. The average Bonchev–Trinajstić information content (AvgIpc) is 2.35. The smallest absolute Gasteiger partial charge is 0.133 e. The molecule has 3 nitrogen and oxygen atoms in total. The molecule has 1 N–H and O–H groups in total. The van der Waals surface area contributed by atoms with E-state index in [1.807, 2.05) is 12.3 Å². The van der Waals surface area contributed by atoms with Crippen LogP contribution in [0.5, 0.6) is 0 Å². The van der Waals surface area contributed by atoms with Crippen molar-refractivity contribution in [2.45, 2.75) is 13.3 Å². The zero-order chi connectivity index (χ0) is 12.3. The van der Waals surface area contributed by atoms with Gasteiger partial charge in [0.2, 0.25) is 0 Å². The molecule has 0 atom stereocenters. The van der Waals surface area contributed by atoms with Crippen molar-refractivity contribution in [3.05, 3.63) is 30.5 Å². The van der Waals surface area contributed by atoms with E-state index in [-0.39, 0.29) is 0 Å². The maximum atomic E-state index is 4.42. The number of anilines is 2. The summed E-state index contributed by atoms with van der Waals surface area (Å²) in [7, 11) is 4.10. The second-order valence-electron chi connectivity index (χ2n) is 4.39. The summed E-state index contributed by atoms with van der Waals surface area (Å²) >= 11 is 0. The van der Waals surface area contributed by atoms with E-state index in [2.05, 4.69) is 54.4 Å². The summed E-state index contributed by atoms with van der Waals surface area (Å²) in [6, 6.07) is 8.50. The second kappa shape index (κ2) is 5.04. The van der Waals surface area contributed by atoms with Gasteiger partial charge in [-0.15, -0.1) is 0 Å². The molecular formula is C14H19N3. The number of nitrogens with zero attached hydrogens (tertiary/aromatic N) is 2. The van der Waals surface area contributed by atoms with Gasteiger partial charge in [-0.05, 0) is 30.0 Å². The minimum atomic E-state index is 0.957. The lowest BCUT2D eigenvalue weighted by molar-refractivity contribution is 0.972. The Balaban J connectivity index is 2.48. The van der Waals surface area contributed by atoms with Crippen LogP contribution in [0.4, 0.5) is 11.5 Å². The first kappa shape index (κ1) is 11.7. The third-order valence-electron chi connectivity index (χ3n) is 2.81. The lowest BCUT2D eigenvalue weighted by Crippen LogP contribution is -2.08. The van der Waals surface area contributed by atoms with Gasteiger partial charge in [0, 0.05) is 37.9 Å². The Labute approximate surface area is 102 Å². The molecule has 0 saturated heterocycles. The summed E-state index contributed by atoms with van der Waals surface area (Å²) in [5.41, 5.74) is 1.20. The first-order valence-electron chi connectivity index (χ1n) is 6.02. The van der Waals surface area contributed by atoms with Gasteiger partial charge >= 0.3 is 0 Å². The maximum Gasteiger partial charge on any atom is 0.133 e. The van der Waals surface area contributed by atoms with Crippen LogP contribution in [-0.2, 0) is 0 Å². The van der Waals surface area contributed by atoms with E-state index in [1.165, 1.54) is 16.5 Å². The number of hydrogen-bond donors (Lipinski definition) is 1. The minimum Gasteiger partial charge on any atom is -0.378 e. The molecule has 0 aliphatic rings. The monoisotopic (exact) mass is 229 g/mol. The Morgan fingerprint density at radius 1 is 1.24 bits per heavy atom. The Bertz CT molecular complexity index is 506. The summed E-state index contributed by atoms with van der Waals surface area (Å²) in [6.45, 7) is 3.11. The van der Waals surface area contributed by atoms with E-state index in [0.717, 1.165) is 18.8 Å². The van der Waals surface area contributed by atoms with Crippen molar-refractivity contribution < 1.29 is 0 Å². The molecule has 0 amide bonds. The fraction of sp³-hybridized carbons (Fsp3) is 0.357. The molecule has 0 fully saturated rings. The quantitative estimate of drug-likeness (QED) is 0.873. The topological polar surface area (TPSA) is 28.2 Å². The van der Waals surface area contributed by atoms with Crippen LogP contribution in [0.2, 0.25) is 0 Å². The van der Waals surface area contributed by atoms with E-state index in [9.17, 15) is 0 Å². The van der Waals surface area contributed by atoms with Crippen LogP contribution in [0.1, 0.15) is 13.3 Å². The molecule has 1 aromatic heterocycles. The third-order valence-corrected chi connectivity index (χ3v) is 2.81. The summed E-state index contributed by atoms with van der Waals surface area (Å²) in [5, 5.41) is 5.79. The lowest BCUT2D eigenvalue weighted by atomic mass is 10.1. The lowest BCUT2D eigenvalue weighted by Gasteiger charge is -2.14. The van der Waals surface area contributed by atoms with Crippen LogP contribution >= 0.6 is 0 Å². The average molecular weight is 229 g/mol. The molecule has 0 aliphatic heterocycles. The van der Waals surface area contributed by atoms with E-state index < -0.39 is 0 Å². The standard InChI is InChI=1S/C14H19N3/c1-4-8-15-14-13-10-12(17(2)3)6-5-11(13)7-9-16-14/h5-7,9-10H,4,8H2,1-3H3,(H,15,16). The molecule has 90 valence electrons. The predicted molar refractivity (Wildman–Crippen MR) is 74.9 cm³/mol. The number of pyridine rings is 1. The molecule has 17 heavy (non-hydrogen) atoms. The van der Waals surface area contributed by atoms with Gasteiger partial charge in [0.05, 0.1) is 0 Å². The van der Waals surface area contributed by atoms with Gasteiger partial charge in [0.1, 0.15) is 5.82 Å². The summed E-state index contributed by atoms with van der Waals surface area (Å²) in [4.78, 5) is 6.52. The highest BCUT2D eigenvalue weighted by Gasteiger charge is 2.03. The van der Waals surface area contributed by atoms with Crippen molar-refractivity contribution in [3.8, 4) is 0 Å². The van der Waals surface area contributed by atoms with Gasteiger partial charge in [-0.3, -0.25) is 0 Å². The first-order valence-corrected chi connectivity index (χ1v) is 6.02. The normalized spacial score (nSPS) is 10.5. The van der Waals surface area contributed by atoms with Crippen molar-refractivity contribution in [3.63, 3.8) is 0 Å². The van der Waals surface area contributed by atoms with E-state index >= 15 is 0 Å². The predicted octanol–water partition coefficient (Wildman–Crippen LogP) is 3.12. The fourth-order valence-corrected chi connectivity index (χ4v) is 1.82. The van der Waals surface area contributed by atoms with Crippen molar-refractivity contribution in [1.82, 2.24) is 4.98 Å². The van der Waals surface area contributed by atoms with Gasteiger partial charge in [-0.1, -0.05) is 13.0 Å². The number of benzene rings is 1. The van der Waals surface area contributed by atoms with Gasteiger partial charge in [-0.2, -0.15) is 0 Å². The second-order valence-corrected chi connectivity index (χ2v) is 4.39. The number of aromatic nitrogens is 1. The van der Waals surface area contributed by atoms with Crippen LogP contribution in [0.15, 0.2) is 30.5 Å². The van der Waals surface area contributed by atoms with Crippen LogP contribution in [0, 0.1) is 0 Å². The number of hydrogen-bond acceptors (Lipinski definition) is 3. The van der Waals surface area contributed by atoms with Crippen LogP contribution in [-0.4, -0.2) is 25.6 Å². The molecule has 0 radical (unpaired) electrons. The summed E-state index contributed by atoms with van der Waals surface area (Å²) in [6.07, 6.45) is 2.96. The molecule has 0 unspecified atom stereocenters. The molecule has 2 aromatic rings. The number of fused-ring (bicyclic) bond motifs is 1. The third kappa shape index (κ3) is 2.49. The Morgan fingerprint density at radius 3 is 2.76 bits per heavy atom. The van der Waals surface area contributed by atoms with Crippen LogP contribution in [0.25, 0.3) is 10.8 Å². The molecule has 1 aromatic carbocycles. The van der Waals surface area contributed by atoms with Crippen molar-refractivity contribution in [2.24, 2.45) is 0 Å². The molecule has 0 saturated carbocycles. The van der Waals surface area contributed by atoms with E-state index in [4.69, 9.17) is 0 Å². The molecule has 2 rings (SSSR count). The summed E-state index contributed by atoms with van der Waals surface area (Å²) in [5.74, 6) is 0.980. The Hall–Kier alpha value is -1.77.